The lowest BCUT2D eigenvalue weighted by atomic mass is 10.1. The van der Waals surface area contributed by atoms with E-state index < -0.39 is 5.97 Å². The van der Waals surface area contributed by atoms with E-state index in [1.54, 1.807) is 36.4 Å². The van der Waals surface area contributed by atoms with Crippen molar-refractivity contribution in [2.45, 2.75) is 6.92 Å². The highest BCUT2D eigenvalue weighted by Gasteiger charge is 2.09. The number of methoxy groups -OCH3 is 1. The van der Waals surface area contributed by atoms with Crippen LogP contribution in [0.2, 0.25) is 0 Å². The molecule has 0 unspecified atom stereocenters. The number of carbonyl (C=O) groups is 3. The van der Waals surface area contributed by atoms with Gasteiger partial charge in [-0.1, -0.05) is 18.2 Å². The van der Waals surface area contributed by atoms with Crippen molar-refractivity contribution in [3.8, 4) is 5.75 Å². The number of amides is 1. The number of carboxylic acids is 1. The molecule has 0 aliphatic carbocycles. The summed E-state index contributed by atoms with van der Waals surface area (Å²) >= 11 is 0. The van der Waals surface area contributed by atoms with Crippen LogP contribution in [0.4, 0.5) is 5.69 Å². The maximum atomic E-state index is 12.3. The zero-order chi connectivity index (χ0) is 18.4. The summed E-state index contributed by atoms with van der Waals surface area (Å²) in [5.41, 5.74) is 1.69. The Balaban J connectivity index is 2.19. The highest BCUT2D eigenvalue weighted by molar-refractivity contribution is 6.08. The summed E-state index contributed by atoms with van der Waals surface area (Å²) in [5.74, 6) is -1.07. The Morgan fingerprint density at radius 3 is 2.24 bits per heavy atom. The van der Waals surface area contributed by atoms with E-state index >= 15 is 0 Å². The summed E-state index contributed by atoms with van der Waals surface area (Å²) in [4.78, 5) is 34.3. The van der Waals surface area contributed by atoms with Crippen molar-refractivity contribution in [2.24, 2.45) is 0 Å². The molecule has 0 spiro atoms. The molecule has 0 aromatic heterocycles. The molecular weight excluding hydrogens is 322 g/mol. The second-order valence-electron chi connectivity index (χ2n) is 5.22. The van der Waals surface area contributed by atoms with Crippen LogP contribution in [-0.4, -0.2) is 29.9 Å². The van der Waals surface area contributed by atoms with Gasteiger partial charge in [-0.2, -0.15) is 0 Å². The molecule has 0 atom stereocenters. The SMILES string of the molecule is COc1ccc(C(=O)/C=C/c2ccc(C(=O)O)cc2)cc1NC(C)=O. The summed E-state index contributed by atoms with van der Waals surface area (Å²) in [6, 6.07) is 10.9. The van der Waals surface area contributed by atoms with E-state index in [4.69, 9.17) is 9.84 Å². The minimum Gasteiger partial charge on any atom is -0.495 e. The van der Waals surface area contributed by atoms with Crippen molar-refractivity contribution >= 4 is 29.4 Å². The number of ether oxygens (including phenoxy) is 1. The highest BCUT2D eigenvalue weighted by atomic mass is 16.5. The van der Waals surface area contributed by atoms with Gasteiger partial charge >= 0.3 is 5.97 Å². The Bertz CT molecular complexity index is 837. The van der Waals surface area contributed by atoms with Crippen LogP contribution in [0, 0.1) is 0 Å². The second-order valence-corrected chi connectivity index (χ2v) is 5.22. The van der Waals surface area contributed by atoms with Crippen LogP contribution in [0.5, 0.6) is 5.75 Å². The average Bonchev–Trinajstić information content (AvgIpc) is 2.59. The van der Waals surface area contributed by atoms with Crippen molar-refractivity contribution in [3.63, 3.8) is 0 Å². The predicted octanol–water partition coefficient (Wildman–Crippen LogP) is 3.25. The number of aromatic carboxylic acids is 1. The molecule has 0 aliphatic heterocycles. The van der Waals surface area contributed by atoms with Crippen LogP contribution in [-0.2, 0) is 4.79 Å². The minimum absolute atomic E-state index is 0.179. The molecule has 0 bridgehead atoms. The minimum atomic E-state index is -1.00. The molecule has 0 heterocycles. The monoisotopic (exact) mass is 339 g/mol. The number of ketones is 1. The van der Waals surface area contributed by atoms with Gasteiger partial charge in [0.05, 0.1) is 18.4 Å². The number of carbonyl (C=O) groups excluding carboxylic acids is 2. The molecule has 6 nitrogen and oxygen atoms in total. The number of carboxylic acid groups (broad SMARTS) is 1. The third-order valence-electron chi connectivity index (χ3n) is 3.38. The summed E-state index contributed by atoms with van der Waals surface area (Å²) in [7, 11) is 1.48. The van der Waals surface area contributed by atoms with Crippen molar-refractivity contribution < 1.29 is 24.2 Å². The summed E-state index contributed by atoms with van der Waals surface area (Å²) in [6.07, 6.45) is 2.98. The van der Waals surface area contributed by atoms with E-state index in [0.717, 1.165) is 0 Å². The van der Waals surface area contributed by atoms with Crippen molar-refractivity contribution in [2.75, 3.05) is 12.4 Å². The molecule has 0 radical (unpaired) electrons. The number of nitrogens with one attached hydrogen (secondary N) is 1. The third-order valence-corrected chi connectivity index (χ3v) is 3.38. The van der Waals surface area contributed by atoms with Gasteiger partial charge in [0.1, 0.15) is 5.75 Å². The van der Waals surface area contributed by atoms with Gasteiger partial charge in [-0.25, -0.2) is 4.79 Å². The first-order valence-corrected chi connectivity index (χ1v) is 7.42. The lowest BCUT2D eigenvalue weighted by Crippen LogP contribution is -2.08. The Morgan fingerprint density at radius 1 is 1.04 bits per heavy atom. The van der Waals surface area contributed by atoms with Gasteiger partial charge in [-0.15, -0.1) is 0 Å². The van der Waals surface area contributed by atoms with Crippen LogP contribution >= 0.6 is 0 Å². The van der Waals surface area contributed by atoms with E-state index in [9.17, 15) is 14.4 Å². The lowest BCUT2D eigenvalue weighted by Gasteiger charge is -2.09. The van der Waals surface area contributed by atoms with Crippen LogP contribution in [0.3, 0.4) is 0 Å². The van der Waals surface area contributed by atoms with Crippen LogP contribution in [0.15, 0.2) is 48.5 Å². The quantitative estimate of drug-likeness (QED) is 0.622. The molecule has 2 aromatic rings. The molecule has 0 fully saturated rings. The highest BCUT2D eigenvalue weighted by Crippen LogP contribution is 2.26. The lowest BCUT2D eigenvalue weighted by molar-refractivity contribution is -0.114. The van der Waals surface area contributed by atoms with Gasteiger partial charge in [0.15, 0.2) is 5.78 Å². The smallest absolute Gasteiger partial charge is 0.335 e. The molecule has 6 heteroatoms. The molecule has 25 heavy (non-hydrogen) atoms. The predicted molar refractivity (Wildman–Crippen MR) is 94.1 cm³/mol. The standard InChI is InChI=1S/C19H17NO5/c1-12(21)20-16-11-15(8-10-18(16)25-2)17(22)9-5-13-3-6-14(7-4-13)19(23)24/h3-11H,1-2H3,(H,20,21)(H,23,24)/b9-5+. The fourth-order valence-corrected chi connectivity index (χ4v) is 2.15. The third kappa shape index (κ3) is 4.78. The van der Waals surface area contributed by atoms with E-state index in [1.165, 1.54) is 32.2 Å². The molecule has 128 valence electrons. The van der Waals surface area contributed by atoms with Gasteiger partial charge in [-0.3, -0.25) is 9.59 Å². The average molecular weight is 339 g/mol. The molecule has 2 aromatic carbocycles. The second kappa shape index (κ2) is 7.92. The summed E-state index contributed by atoms with van der Waals surface area (Å²) in [6.45, 7) is 1.37. The number of hydrogen-bond donors (Lipinski definition) is 2. The van der Waals surface area contributed by atoms with Crippen molar-refractivity contribution in [1.29, 1.82) is 0 Å². The normalized spacial score (nSPS) is 10.5. The first-order chi connectivity index (χ1) is 11.9. The van der Waals surface area contributed by atoms with Crippen molar-refractivity contribution in [3.05, 3.63) is 65.2 Å². The van der Waals surface area contributed by atoms with Gasteiger partial charge in [0, 0.05) is 12.5 Å². The molecule has 2 rings (SSSR count). The largest absolute Gasteiger partial charge is 0.495 e. The first-order valence-electron chi connectivity index (χ1n) is 7.42. The Morgan fingerprint density at radius 2 is 1.68 bits per heavy atom. The molecule has 1 amide bonds. The van der Waals surface area contributed by atoms with Gasteiger partial charge < -0.3 is 15.2 Å². The number of rotatable bonds is 6. The fraction of sp³-hybridized carbons (Fsp3) is 0.105. The molecule has 0 saturated heterocycles. The number of hydrogen-bond acceptors (Lipinski definition) is 4. The molecule has 0 saturated carbocycles. The van der Waals surface area contributed by atoms with E-state index in [2.05, 4.69) is 5.32 Å². The first kappa shape index (κ1) is 17.9. The van der Waals surface area contributed by atoms with Gasteiger partial charge in [0.25, 0.3) is 0 Å². The van der Waals surface area contributed by atoms with Gasteiger partial charge in [0.2, 0.25) is 5.91 Å². The molecule has 0 aliphatic rings. The van der Waals surface area contributed by atoms with Gasteiger partial charge in [-0.05, 0) is 42.0 Å². The Labute approximate surface area is 144 Å². The van der Waals surface area contributed by atoms with Crippen molar-refractivity contribution in [1.82, 2.24) is 0 Å². The van der Waals surface area contributed by atoms with E-state index in [1.807, 2.05) is 0 Å². The van der Waals surface area contributed by atoms with Crippen LogP contribution in [0.25, 0.3) is 6.08 Å². The van der Waals surface area contributed by atoms with E-state index in [0.29, 0.717) is 22.6 Å². The number of anilines is 1. The Hall–Kier alpha value is -3.41. The molecule has 2 N–H and O–H groups in total. The maximum absolute atomic E-state index is 12.3. The number of benzene rings is 2. The van der Waals surface area contributed by atoms with Crippen LogP contribution in [0.1, 0.15) is 33.2 Å². The zero-order valence-electron chi connectivity index (χ0n) is 13.8. The summed E-state index contributed by atoms with van der Waals surface area (Å²) in [5, 5.41) is 11.5. The van der Waals surface area contributed by atoms with Crippen LogP contribution < -0.4 is 10.1 Å². The summed E-state index contributed by atoms with van der Waals surface area (Å²) < 4.78 is 5.15. The van der Waals surface area contributed by atoms with E-state index in [-0.39, 0.29) is 17.3 Å². The number of allylic oxidation sites excluding steroid dienone is 1. The maximum Gasteiger partial charge on any atom is 0.335 e. The topological polar surface area (TPSA) is 92.7 Å². The zero-order valence-corrected chi connectivity index (χ0v) is 13.8. The fourth-order valence-electron chi connectivity index (χ4n) is 2.15. The Kier molecular flexibility index (Phi) is 5.68. The molecular formula is C19H17NO5.